The highest BCUT2D eigenvalue weighted by Gasteiger charge is 2.22. The van der Waals surface area contributed by atoms with Crippen LogP contribution in [0.15, 0.2) is 43.0 Å². The number of piperidine rings is 1. The van der Waals surface area contributed by atoms with Crippen molar-refractivity contribution in [3.05, 3.63) is 48.6 Å². The molecule has 1 aliphatic rings. The van der Waals surface area contributed by atoms with Crippen molar-refractivity contribution in [2.75, 3.05) is 19.6 Å². The van der Waals surface area contributed by atoms with Crippen molar-refractivity contribution in [2.24, 2.45) is 0 Å². The molecule has 1 saturated heterocycles. The van der Waals surface area contributed by atoms with Crippen molar-refractivity contribution < 1.29 is 9.53 Å². The minimum Gasteiger partial charge on any atom is -0.457 e. The molecule has 0 spiro atoms. The number of rotatable bonds is 4. The minimum absolute atomic E-state index is 0.00593. The Morgan fingerprint density at radius 1 is 1.44 bits per heavy atom. The van der Waals surface area contributed by atoms with Crippen LogP contribution in [-0.2, 0) is 4.74 Å². The third-order valence-electron chi connectivity index (χ3n) is 3.13. The Morgan fingerprint density at radius 3 is 2.94 bits per heavy atom. The Morgan fingerprint density at radius 2 is 2.22 bits per heavy atom. The number of hydrogen-bond acceptors (Lipinski definition) is 3. The number of ether oxygens (including phenoxy) is 1. The summed E-state index contributed by atoms with van der Waals surface area (Å²) in [6.07, 6.45) is 3.92. The molecule has 0 saturated carbocycles. The van der Waals surface area contributed by atoms with Gasteiger partial charge in [0.05, 0.1) is 5.56 Å². The second-order valence-electron chi connectivity index (χ2n) is 4.58. The lowest BCUT2D eigenvalue weighted by Gasteiger charge is -2.31. The molecule has 3 nitrogen and oxygen atoms in total. The molecule has 0 aliphatic carbocycles. The first-order valence-electron chi connectivity index (χ1n) is 6.39. The smallest absolute Gasteiger partial charge is 0.338 e. The lowest BCUT2D eigenvalue weighted by atomic mass is 10.1. The van der Waals surface area contributed by atoms with Gasteiger partial charge in [0.25, 0.3) is 0 Å². The molecule has 0 bridgehead atoms. The van der Waals surface area contributed by atoms with Crippen LogP contribution in [0.4, 0.5) is 0 Å². The highest BCUT2D eigenvalue weighted by Crippen LogP contribution is 2.15. The Labute approximate surface area is 108 Å². The fraction of sp³-hybridized carbons (Fsp3) is 0.400. The summed E-state index contributed by atoms with van der Waals surface area (Å²) in [6, 6.07) is 9.16. The van der Waals surface area contributed by atoms with Gasteiger partial charge in [0, 0.05) is 13.1 Å². The van der Waals surface area contributed by atoms with Gasteiger partial charge in [-0.1, -0.05) is 24.3 Å². The van der Waals surface area contributed by atoms with E-state index < -0.39 is 0 Å². The third-order valence-corrected chi connectivity index (χ3v) is 3.13. The SMILES string of the molecule is C=CCN1CCCC(OC(=O)c2ccccc2)C1. The Kier molecular flexibility index (Phi) is 4.53. The number of benzene rings is 1. The fourth-order valence-electron chi connectivity index (χ4n) is 2.25. The van der Waals surface area contributed by atoms with E-state index >= 15 is 0 Å². The topological polar surface area (TPSA) is 29.5 Å². The van der Waals surface area contributed by atoms with E-state index in [4.69, 9.17) is 4.74 Å². The van der Waals surface area contributed by atoms with Gasteiger partial charge in [-0.05, 0) is 31.5 Å². The van der Waals surface area contributed by atoms with Gasteiger partial charge in [0.2, 0.25) is 0 Å². The molecule has 0 amide bonds. The minimum atomic E-state index is -0.221. The van der Waals surface area contributed by atoms with E-state index in [0.29, 0.717) is 5.56 Å². The number of likely N-dealkylation sites (tertiary alicyclic amines) is 1. The maximum Gasteiger partial charge on any atom is 0.338 e. The predicted molar refractivity (Wildman–Crippen MR) is 71.5 cm³/mol. The molecule has 1 fully saturated rings. The van der Waals surface area contributed by atoms with Crippen LogP contribution < -0.4 is 0 Å². The van der Waals surface area contributed by atoms with Crippen LogP contribution >= 0.6 is 0 Å². The molecule has 0 N–H and O–H groups in total. The van der Waals surface area contributed by atoms with Gasteiger partial charge < -0.3 is 4.74 Å². The average Bonchev–Trinajstić information content (AvgIpc) is 2.40. The molecule has 0 aromatic heterocycles. The van der Waals surface area contributed by atoms with Crippen molar-refractivity contribution in [3.63, 3.8) is 0 Å². The molecule has 0 radical (unpaired) electrons. The first-order chi connectivity index (χ1) is 8.79. The second kappa shape index (κ2) is 6.36. The maximum absolute atomic E-state index is 11.9. The third kappa shape index (κ3) is 3.44. The van der Waals surface area contributed by atoms with E-state index in [1.54, 1.807) is 12.1 Å². The van der Waals surface area contributed by atoms with E-state index in [0.717, 1.165) is 32.5 Å². The maximum atomic E-state index is 11.9. The van der Waals surface area contributed by atoms with E-state index in [9.17, 15) is 4.79 Å². The first kappa shape index (κ1) is 12.8. The lowest BCUT2D eigenvalue weighted by molar-refractivity contribution is 0.00872. The fourth-order valence-corrected chi connectivity index (χ4v) is 2.25. The monoisotopic (exact) mass is 245 g/mol. The van der Waals surface area contributed by atoms with Gasteiger partial charge in [-0.3, -0.25) is 4.90 Å². The van der Waals surface area contributed by atoms with Crippen LogP contribution in [0.3, 0.4) is 0 Å². The summed E-state index contributed by atoms with van der Waals surface area (Å²) in [6.45, 7) is 6.47. The molecule has 1 aromatic rings. The molecule has 1 heterocycles. The van der Waals surface area contributed by atoms with Crippen LogP contribution in [0.5, 0.6) is 0 Å². The highest BCUT2D eigenvalue weighted by molar-refractivity contribution is 5.89. The zero-order valence-corrected chi connectivity index (χ0v) is 10.5. The average molecular weight is 245 g/mol. The summed E-state index contributed by atoms with van der Waals surface area (Å²) in [5.74, 6) is -0.221. The van der Waals surface area contributed by atoms with E-state index in [1.807, 2.05) is 24.3 Å². The van der Waals surface area contributed by atoms with Crippen molar-refractivity contribution in [3.8, 4) is 0 Å². The molecule has 1 atom stereocenters. The Balaban J connectivity index is 1.89. The molecule has 1 aliphatic heterocycles. The van der Waals surface area contributed by atoms with Crippen molar-refractivity contribution in [2.45, 2.75) is 18.9 Å². The van der Waals surface area contributed by atoms with Gasteiger partial charge in [0.15, 0.2) is 0 Å². The largest absolute Gasteiger partial charge is 0.457 e. The Hall–Kier alpha value is -1.61. The summed E-state index contributed by atoms with van der Waals surface area (Å²) < 4.78 is 5.54. The summed E-state index contributed by atoms with van der Waals surface area (Å²) in [4.78, 5) is 14.2. The summed E-state index contributed by atoms with van der Waals surface area (Å²) in [5.41, 5.74) is 0.623. The van der Waals surface area contributed by atoms with Crippen LogP contribution in [0, 0.1) is 0 Å². The van der Waals surface area contributed by atoms with Gasteiger partial charge in [-0.15, -0.1) is 6.58 Å². The van der Waals surface area contributed by atoms with Crippen LogP contribution in [0.2, 0.25) is 0 Å². The van der Waals surface area contributed by atoms with Gasteiger partial charge in [0.1, 0.15) is 6.10 Å². The van der Waals surface area contributed by atoms with E-state index in [-0.39, 0.29) is 12.1 Å². The molecule has 96 valence electrons. The van der Waals surface area contributed by atoms with E-state index in [2.05, 4.69) is 11.5 Å². The number of carbonyl (C=O) groups excluding carboxylic acids is 1. The molecule has 2 rings (SSSR count). The van der Waals surface area contributed by atoms with Gasteiger partial charge in [-0.2, -0.15) is 0 Å². The van der Waals surface area contributed by atoms with Crippen molar-refractivity contribution in [1.29, 1.82) is 0 Å². The summed E-state index contributed by atoms with van der Waals surface area (Å²) >= 11 is 0. The second-order valence-corrected chi connectivity index (χ2v) is 4.58. The van der Waals surface area contributed by atoms with E-state index in [1.165, 1.54) is 0 Å². The number of hydrogen-bond donors (Lipinski definition) is 0. The molecular formula is C15H19NO2. The molecule has 3 heteroatoms. The zero-order valence-electron chi connectivity index (χ0n) is 10.5. The summed E-state index contributed by atoms with van der Waals surface area (Å²) in [5, 5.41) is 0. The standard InChI is InChI=1S/C15H19NO2/c1-2-10-16-11-6-9-14(12-16)18-15(17)13-7-4-3-5-8-13/h2-5,7-8,14H,1,6,9-12H2. The molecular weight excluding hydrogens is 226 g/mol. The lowest BCUT2D eigenvalue weighted by Crippen LogP contribution is -2.40. The molecule has 1 unspecified atom stereocenters. The zero-order chi connectivity index (χ0) is 12.8. The van der Waals surface area contributed by atoms with Crippen LogP contribution in [0.25, 0.3) is 0 Å². The quantitative estimate of drug-likeness (QED) is 0.603. The van der Waals surface area contributed by atoms with Gasteiger partial charge in [-0.25, -0.2) is 4.79 Å². The number of nitrogens with zero attached hydrogens (tertiary/aromatic N) is 1. The number of carbonyl (C=O) groups is 1. The van der Waals surface area contributed by atoms with Crippen molar-refractivity contribution in [1.82, 2.24) is 4.90 Å². The van der Waals surface area contributed by atoms with Crippen molar-refractivity contribution >= 4 is 5.97 Å². The molecule has 1 aromatic carbocycles. The molecule has 18 heavy (non-hydrogen) atoms. The van der Waals surface area contributed by atoms with Gasteiger partial charge >= 0.3 is 5.97 Å². The summed E-state index contributed by atoms with van der Waals surface area (Å²) in [7, 11) is 0. The first-order valence-corrected chi connectivity index (χ1v) is 6.39. The highest BCUT2D eigenvalue weighted by atomic mass is 16.5. The predicted octanol–water partition coefficient (Wildman–Crippen LogP) is 2.49. The normalized spacial score (nSPS) is 20.3. The van der Waals surface area contributed by atoms with Crippen LogP contribution in [-0.4, -0.2) is 36.6 Å². The van der Waals surface area contributed by atoms with Crippen LogP contribution in [0.1, 0.15) is 23.2 Å². The number of esters is 1. The Bertz CT molecular complexity index is 402.